The normalized spacial score (nSPS) is 22.6. The second kappa shape index (κ2) is 7.69. The average Bonchev–Trinajstić information content (AvgIpc) is 3.45. The van der Waals surface area contributed by atoms with Crippen LogP contribution in [0.5, 0.6) is 11.5 Å². The number of ketones is 2. The minimum absolute atomic E-state index is 0.0736. The number of Topliss-reactive ketones (excluding diaryl/α,β-unsaturated/α-hetero) is 2. The number of H-pyrrole nitrogens is 1. The number of para-hydroxylation sites is 2. The Bertz CT molecular complexity index is 1260. The van der Waals surface area contributed by atoms with Gasteiger partial charge in [0.05, 0.1) is 30.9 Å². The first-order valence-corrected chi connectivity index (χ1v) is 10.9. The first kappa shape index (κ1) is 21.1. The number of carbonyl (C=O) groups is 2. The number of aromatic nitrogens is 2. The van der Waals surface area contributed by atoms with E-state index in [1.54, 1.807) is 27.3 Å². The zero-order chi connectivity index (χ0) is 23.3. The van der Waals surface area contributed by atoms with E-state index < -0.39 is 5.54 Å². The Kier molecular flexibility index (Phi) is 4.92. The number of hydrogen-bond acceptors (Lipinski definition) is 7. The fourth-order valence-electron chi connectivity index (χ4n) is 5.09. The van der Waals surface area contributed by atoms with E-state index in [2.05, 4.69) is 10.3 Å². The Hall–Kier alpha value is -3.75. The molecule has 2 unspecified atom stereocenters. The number of hydrogen-bond donors (Lipinski definition) is 2. The second-order valence-corrected chi connectivity index (χ2v) is 8.59. The highest BCUT2D eigenvalue weighted by Crippen LogP contribution is 2.51. The molecule has 1 aromatic heterocycles. The van der Waals surface area contributed by atoms with Crippen molar-refractivity contribution in [2.45, 2.75) is 24.2 Å². The van der Waals surface area contributed by atoms with Gasteiger partial charge in [-0.05, 0) is 24.4 Å². The quantitative estimate of drug-likeness (QED) is 0.582. The summed E-state index contributed by atoms with van der Waals surface area (Å²) in [6, 6.07) is 13.1. The molecule has 2 atom stereocenters. The number of carbonyl (C=O) groups excluding carboxylic acids is 2. The van der Waals surface area contributed by atoms with Crippen LogP contribution in [0.25, 0.3) is 16.6 Å². The van der Waals surface area contributed by atoms with Crippen LogP contribution in [0.1, 0.15) is 18.7 Å². The number of benzene rings is 2. The number of methoxy groups -OCH3 is 2. The van der Waals surface area contributed by atoms with Crippen molar-refractivity contribution in [2.24, 2.45) is 0 Å². The topological polar surface area (TPSA) is 96.5 Å². The maximum Gasteiger partial charge on any atom is 0.196 e. The van der Waals surface area contributed by atoms with E-state index in [1.807, 2.05) is 49.1 Å². The number of ether oxygens (including phenoxy) is 2. The molecular weight excluding hydrogens is 419 g/mol. The minimum atomic E-state index is -1.04. The van der Waals surface area contributed by atoms with Crippen molar-refractivity contribution in [3.63, 3.8) is 0 Å². The molecule has 2 aromatic carbocycles. The Morgan fingerprint density at radius 3 is 2.42 bits per heavy atom. The molecule has 1 spiro atoms. The van der Waals surface area contributed by atoms with Gasteiger partial charge in [0.2, 0.25) is 0 Å². The highest BCUT2D eigenvalue weighted by Gasteiger charge is 2.59. The van der Waals surface area contributed by atoms with Crippen molar-refractivity contribution in [1.82, 2.24) is 15.3 Å². The molecule has 0 radical (unpaired) electrons. The molecule has 3 aromatic rings. The van der Waals surface area contributed by atoms with Gasteiger partial charge in [-0.3, -0.25) is 4.79 Å². The maximum atomic E-state index is 14.1. The van der Waals surface area contributed by atoms with Gasteiger partial charge in [0.15, 0.2) is 5.78 Å². The van der Waals surface area contributed by atoms with Gasteiger partial charge < -0.3 is 29.5 Å². The third-order valence-electron chi connectivity index (χ3n) is 6.66. The predicted molar refractivity (Wildman–Crippen MR) is 128 cm³/mol. The zero-order valence-corrected chi connectivity index (χ0v) is 19.1. The first-order chi connectivity index (χ1) is 15.9. The van der Waals surface area contributed by atoms with Gasteiger partial charge >= 0.3 is 0 Å². The molecule has 33 heavy (non-hydrogen) atoms. The van der Waals surface area contributed by atoms with Crippen LogP contribution >= 0.6 is 0 Å². The van der Waals surface area contributed by atoms with E-state index >= 15 is 0 Å². The smallest absolute Gasteiger partial charge is 0.196 e. The molecule has 9 heteroatoms. The van der Waals surface area contributed by atoms with Crippen molar-refractivity contribution in [3.8, 4) is 11.5 Å². The summed E-state index contributed by atoms with van der Waals surface area (Å²) < 4.78 is 11.0. The summed E-state index contributed by atoms with van der Waals surface area (Å²) in [5.74, 6) is 1.99. The van der Waals surface area contributed by atoms with Crippen LogP contribution in [0.15, 0.2) is 48.3 Å². The zero-order valence-electron chi connectivity index (χ0n) is 19.1. The van der Waals surface area contributed by atoms with Gasteiger partial charge in [0.1, 0.15) is 47.9 Å². The van der Waals surface area contributed by atoms with Gasteiger partial charge in [-0.1, -0.05) is 12.1 Å². The summed E-state index contributed by atoms with van der Waals surface area (Å²) in [6.07, 6.45) is 0.542. The van der Waals surface area contributed by atoms with Crippen LogP contribution in [0.3, 0.4) is 0 Å². The van der Waals surface area contributed by atoms with Gasteiger partial charge in [-0.25, -0.2) is 4.98 Å². The number of aromatic amines is 1. The lowest BCUT2D eigenvalue weighted by Gasteiger charge is -2.37. The average molecular weight is 444 g/mol. The lowest BCUT2D eigenvalue weighted by atomic mass is 9.81. The molecule has 2 heterocycles. The third-order valence-corrected chi connectivity index (χ3v) is 6.66. The summed E-state index contributed by atoms with van der Waals surface area (Å²) in [4.78, 5) is 36.9. The van der Waals surface area contributed by atoms with E-state index in [0.717, 1.165) is 11.0 Å². The molecule has 168 valence electrons. The van der Waals surface area contributed by atoms with Crippen molar-refractivity contribution in [1.29, 1.82) is 0 Å². The highest BCUT2D eigenvalue weighted by atomic mass is 16.5. The number of anilines is 1. The molecule has 2 aliphatic rings. The predicted octanol–water partition coefficient (Wildman–Crippen LogP) is 2.08. The Morgan fingerprint density at radius 2 is 1.85 bits per heavy atom. The summed E-state index contributed by atoms with van der Waals surface area (Å²) in [5, 5.41) is 3.22. The van der Waals surface area contributed by atoms with Gasteiger partial charge in [0, 0.05) is 31.7 Å². The summed E-state index contributed by atoms with van der Waals surface area (Å²) in [7, 11) is 6.82. The highest BCUT2D eigenvalue weighted by molar-refractivity contribution is 6.34. The lowest BCUT2D eigenvalue weighted by Crippen LogP contribution is -2.49. The SMILES string of the molecule is BC1CC2(CC1=O)C(=O)C(c1nc3ccccc3[nH]1)=C(NC)N2c1cc(OC)cc(OC)c1. The Balaban J connectivity index is 1.76. The molecule has 1 aliphatic carbocycles. The van der Waals surface area contributed by atoms with Crippen molar-refractivity contribution in [3.05, 3.63) is 54.1 Å². The summed E-state index contributed by atoms with van der Waals surface area (Å²) >= 11 is 0. The second-order valence-electron chi connectivity index (χ2n) is 8.59. The standard InChI is InChI=1S/C24H25BN4O4/c1-26-23-20(22-27-17-6-4-5-7-18(17)28-22)21(31)24(11-16(25)19(30)12-24)29(23)13-8-14(32-2)10-15(9-13)33-3/h4-10,16,26H,11-12,25H2,1-3H3,(H,27,28). The van der Waals surface area contributed by atoms with Crippen LogP contribution in [-0.4, -0.2) is 56.2 Å². The largest absolute Gasteiger partial charge is 0.497 e. The van der Waals surface area contributed by atoms with Crippen molar-refractivity contribution < 1.29 is 19.1 Å². The molecule has 1 saturated carbocycles. The first-order valence-electron chi connectivity index (χ1n) is 10.9. The molecule has 2 N–H and O–H groups in total. The van der Waals surface area contributed by atoms with Crippen LogP contribution < -0.4 is 19.7 Å². The lowest BCUT2D eigenvalue weighted by molar-refractivity contribution is -0.121. The molecule has 0 bridgehead atoms. The molecule has 0 amide bonds. The van der Waals surface area contributed by atoms with E-state index in [9.17, 15) is 9.59 Å². The number of nitrogens with one attached hydrogen (secondary N) is 2. The van der Waals surface area contributed by atoms with Crippen LogP contribution in [-0.2, 0) is 9.59 Å². The molecule has 5 rings (SSSR count). The van der Waals surface area contributed by atoms with Crippen molar-refractivity contribution >= 4 is 41.7 Å². The van der Waals surface area contributed by atoms with Crippen LogP contribution in [0, 0.1) is 0 Å². The van der Waals surface area contributed by atoms with Crippen LogP contribution in [0.4, 0.5) is 5.69 Å². The third kappa shape index (κ3) is 3.10. The fourth-order valence-corrected chi connectivity index (χ4v) is 5.09. The van der Waals surface area contributed by atoms with Gasteiger partial charge in [0.25, 0.3) is 0 Å². The summed E-state index contributed by atoms with van der Waals surface area (Å²) in [5.41, 5.74) is 1.72. The van der Waals surface area contributed by atoms with E-state index in [-0.39, 0.29) is 23.8 Å². The maximum absolute atomic E-state index is 14.1. The van der Waals surface area contributed by atoms with Crippen LogP contribution in [0.2, 0.25) is 5.82 Å². The Labute approximate surface area is 192 Å². The number of fused-ring (bicyclic) bond motifs is 1. The molecule has 1 aliphatic heterocycles. The van der Waals surface area contributed by atoms with Gasteiger partial charge in [-0.2, -0.15) is 0 Å². The van der Waals surface area contributed by atoms with Gasteiger partial charge in [-0.15, -0.1) is 0 Å². The molecule has 8 nitrogen and oxygen atoms in total. The molecular formula is C24H25BN4O4. The minimum Gasteiger partial charge on any atom is -0.497 e. The summed E-state index contributed by atoms with van der Waals surface area (Å²) in [6.45, 7) is 0. The van der Waals surface area contributed by atoms with Crippen molar-refractivity contribution in [2.75, 3.05) is 26.2 Å². The van der Waals surface area contributed by atoms with E-state index in [1.165, 1.54) is 0 Å². The number of rotatable bonds is 5. The van der Waals surface area contributed by atoms with E-state index in [4.69, 9.17) is 14.5 Å². The fraction of sp³-hybridized carbons (Fsp3) is 0.292. The van der Waals surface area contributed by atoms with E-state index in [0.29, 0.717) is 40.8 Å². The number of nitrogens with zero attached hydrogens (tertiary/aromatic N) is 2. The molecule has 0 saturated heterocycles. The number of imidazole rings is 1. The molecule has 1 fully saturated rings. The monoisotopic (exact) mass is 444 g/mol. The Morgan fingerprint density at radius 1 is 1.15 bits per heavy atom.